The summed E-state index contributed by atoms with van der Waals surface area (Å²) in [6.07, 6.45) is 1.78. The quantitative estimate of drug-likeness (QED) is 0.543. The van der Waals surface area contributed by atoms with Crippen molar-refractivity contribution in [1.29, 1.82) is 5.26 Å². The van der Waals surface area contributed by atoms with Gasteiger partial charge in [0.1, 0.15) is 10.4 Å². The number of benzene rings is 2. The Kier molecular flexibility index (Phi) is 6.12. The summed E-state index contributed by atoms with van der Waals surface area (Å²) in [5, 5.41) is 8.64. The Morgan fingerprint density at radius 3 is 2.70 bits per heavy atom. The van der Waals surface area contributed by atoms with E-state index in [2.05, 4.69) is 0 Å². The average molecular weight is 396 g/mol. The average Bonchev–Trinajstić information content (AvgIpc) is 2.95. The molecule has 1 heterocycles. The summed E-state index contributed by atoms with van der Waals surface area (Å²) >= 11 is 6.66. The minimum absolute atomic E-state index is 0.0617. The van der Waals surface area contributed by atoms with Crippen molar-refractivity contribution in [2.24, 2.45) is 0 Å². The van der Waals surface area contributed by atoms with Crippen LogP contribution >= 0.6 is 24.0 Å². The molecule has 7 heteroatoms. The van der Waals surface area contributed by atoms with E-state index in [9.17, 15) is 4.79 Å². The van der Waals surface area contributed by atoms with E-state index in [1.165, 1.54) is 18.9 Å². The minimum Gasteiger partial charge on any atom is -0.493 e. The first kappa shape index (κ1) is 19.0. The highest BCUT2D eigenvalue weighted by atomic mass is 32.2. The molecule has 136 valence electrons. The molecule has 0 unspecified atom stereocenters. The summed E-state index contributed by atoms with van der Waals surface area (Å²) < 4.78 is 11.2. The molecule has 27 heavy (non-hydrogen) atoms. The zero-order chi connectivity index (χ0) is 19.2. The third-order valence-electron chi connectivity index (χ3n) is 3.83. The van der Waals surface area contributed by atoms with E-state index in [-0.39, 0.29) is 12.5 Å². The lowest BCUT2D eigenvalue weighted by Crippen LogP contribution is -2.27. The zero-order valence-electron chi connectivity index (χ0n) is 14.5. The van der Waals surface area contributed by atoms with Gasteiger partial charge in [-0.1, -0.05) is 60.4 Å². The van der Waals surface area contributed by atoms with Crippen LogP contribution in [-0.4, -0.2) is 28.8 Å². The number of thioether (sulfide) groups is 1. The monoisotopic (exact) mass is 396 g/mol. The highest BCUT2D eigenvalue weighted by Crippen LogP contribution is 2.35. The van der Waals surface area contributed by atoms with Gasteiger partial charge in [0.05, 0.1) is 18.6 Å². The van der Waals surface area contributed by atoms with Gasteiger partial charge in [-0.3, -0.25) is 9.69 Å². The molecule has 1 saturated heterocycles. The van der Waals surface area contributed by atoms with E-state index in [0.29, 0.717) is 27.3 Å². The predicted octanol–water partition coefficient (Wildman–Crippen LogP) is 4.00. The van der Waals surface area contributed by atoms with E-state index < -0.39 is 0 Å². The van der Waals surface area contributed by atoms with Crippen molar-refractivity contribution in [2.45, 2.75) is 6.54 Å². The van der Waals surface area contributed by atoms with Crippen molar-refractivity contribution >= 4 is 40.3 Å². The zero-order valence-corrected chi connectivity index (χ0v) is 16.2. The van der Waals surface area contributed by atoms with Crippen molar-refractivity contribution in [3.63, 3.8) is 0 Å². The van der Waals surface area contributed by atoms with Crippen LogP contribution in [0.5, 0.6) is 11.5 Å². The Hall–Kier alpha value is -2.82. The predicted molar refractivity (Wildman–Crippen MR) is 109 cm³/mol. The van der Waals surface area contributed by atoms with Crippen molar-refractivity contribution in [3.8, 4) is 17.6 Å². The Labute approximate surface area is 167 Å². The SMILES string of the molecule is COc1cc(/C=C2\SC(=S)N(Cc3ccccc3)C2=O)ccc1OCC#N. The maximum Gasteiger partial charge on any atom is 0.266 e. The molecule has 0 aromatic heterocycles. The third kappa shape index (κ3) is 4.48. The fourth-order valence-corrected chi connectivity index (χ4v) is 3.81. The maximum absolute atomic E-state index is 12.7. The lowest BCUT2D eigenvalue weighted by molar-refractivity contribution is -0.122. The molecular formula is C20H16N2O3S2. The van der Waals surface area contributed by atoms with Crippen LogP contribution in [0.1, 0.15) is 11.1 Å². The van der Waals surface area contributed by atoms with Gasteiger partial charge in [-0.05, 0) is 29.3 Å². The maximum atomic E-state index is 12.7. The number of hydrogen-bond acceptors (Lipinski definition) is 6. The van der Waals surface area contributed by atoms with Crippen LogP contribution < -0.4 is 9.47 Å². The molecule has 0 saturated carbocycles. The van der Waals surface area contributed by atoms with Crippen molar-refractivity contribution in [1.82, 2.24) is 4.90 Å². The molecule has 2 aromatic carbocycles. The van der Waals surface area contributed by atoms with Gasteiger partial charge in [0.15, 0.2) is 18.1 Å². The van der Waals surface area contributed by atoms with Crippen LogP contribution in [0.15, 0.2) is 53.4 Å². The molecule has 0 aliphatic carbocycles. The number of carbonyl (C=O) groups excluding carboxylic acids is 1. The molecule has 5 nitrogen and oxygen atoms in total. The Morgan fingerprint density at radius 1 is 1.22 bits per heavy atom. The van der Waals surface area contributed by atoms with Crippen LogP contribution in [0.4, 0.5) is 0 Å². The molecule has 0 atom stereocenters. The number of hydrogen-bond donors (Lipinski definition) is 0. The molecule has 0 N–H and O–H groups in total. The summed E-state index contributed by atoms with van der Waals surface area (Å²) in [7, 11) is 1.53. The fourth-order valence-electron chi connectivity index (χ4n) is 2.56. The number of methoxy groups -OCH3 is 1. The molecule has 1 amide bonds. The van der Waals surface area contributed by atoms with E-state index >= 15 is 0 Å². The number of rotatable bonds is 6. The fraction of sp³-hybridized carbons (Fsp3) is 0.150. The van der Waals surface area contributed by atoms with Gasteiger partial charge in [-0.2, -0.15) is 5.26 Å². The normalized spacial score (nSPS) is 15.1. The Balaban J connectivity index is 1.80. The van der Waals surface area contributed by atoms with Gasteiger partial charge in [-0.25, -0.2) is 0 Å². The smallest absolute Gasteiger partial charge is 0.266 e. The van der Waals surface area contributed by atoms with Gasteiger partial charge in [0, 0.05) is 0 Å². The summed E-state index contributed by atoms with van der Waals surface area (Å²) in [4.78, 5) is 14.9. The standard InChI is InChI=1S/C20H16N2O3S2/c1-24-17-11-15(7-8-16(17)25-10-9-21)12-18-19(23)22(20(26)27-18)13-14-5-3-2-4-6-14/h2-8,11-12H,10,13H2,1H3/b18-12-. The second kappa shape index (κ2) is 8.71. The number of amides is 1. The van der Waals surface area contributed by atoms with E-state index in [1.54, 1.807) is 29.2 Å². The second-order valence-electron chi connectivity index (χ2n) is 5.61. The van der Waals surface area contributed by atoms with E-state index in [4.69, 9.17) is 27.0 Å². The summed E-state index contributed by atoms with van der Waals surface area (Å²) in [6.45, 7) is 0.390. The van der Waals surface area contributed by atoms with E-state index in [0.717, 1.165) is 11.1 Å². The third-order valence-corrected chi connectivity index (χ3v) is 5.21. The minimum atomic E-state index is -0.113. The number of nitriles is 1. The Bertz CT molecular complexity index is 936. The number of ether oxygens (including phenoxy) is 2. The molecule has 1 fully saturated rings. The van der Waals surface area contributed by atoms with Crippen LogP contribution in [0.2, 0.25) is 0 Å². The van der Waals surface area contributed by atoms with Crippen LogP contribution in [0.3, 0.4) is 0 Å². The molecule has 1 aliphatic heterocycles. The summed E-state index contributed by atoms with van der Waals surface area (Å²) in [6, 6.07) is 16.9. The largest absolute Gasteiger partial charge is 0.493 e. The topological polar surface area (TPSA) is 62.6 Å². The first-order valence-electron chi connectivity index (χ1n) is 8.09. The highest BCUT2D eigenvalue weighted by Gasteiger charge is 2.31. The number of carbonyl (C=O) groups is 1. The molecule has 1 aliphatic rings. The van der Waals surface area contributed by atoms with Crippen LogP contribution in [0.25, 0.3) is 6.08 Å². The first-order valence-corrected chi connectivity index (χ1v) is 9.32. The molecule has 0 radical (unpaired) electrons. The summed E-state index contributed by atoms with van der Waals surface area (Å²) in [5.74, 6) is 0.865. The molecule has 2 aromatic rings. The molecule has 0 spiro atoms. The number of nitrogens with zero attached hydrogens (tertiary/aromatic N) is 2. The second-order valence-corrected chi connectivity index (χ2v) is 7.29. The highest BCUT2D eigenvalue weighted by molar-refractivity contribution is 8.26. The first-order chi connectivity index (χ1) is 13.1. The van der Waals surface area contributed by atoms with Crippen molar-refractivity contribution in [2.75, 3.05) is 13.7 Å². The van der Waals surface area contributed by atoms with Crippen LogP contribution in [0, 0.1) is 11.3 Å². The van der Waals surface area contributed by atoms with Gasteiger partial charge in [-0.15, -0.1) is 0 Å². The number of thiocarbonyl (C=S) groups is 1. The van der Waals surface area contributed by atoms with Crippen molar-refractivity contribution in [3.05, 3.63) is 64.6 Å². The van der Waals surface area contributed by atoms with Gasteiger partial charge >= 0.3 is 0 Å². The molecule has 0 bridgehead atoms. The Morgan fingerprint density at radius 2 is 2.00 bits per heavy atom. The van der Waals surface area contributed by atoms with Crippen LogP contribution in [-0.2, 0) is 11.3 Å². The van der Waals surface area contributed by atoms with Gasteiger partial charge in [0.2, 0.25) is 0 Å². The summed E-state index contributed by atoms with van der Waals surface area (Å²) in [5.41, 5.74) is 1.81. The molecular weight excluding hydrogens is 380 g/mol. The lowest BCUT2D eigenvalue weighted by Gasteiger charge is -2.14. The molecule has 3 rings (SSSR count). The van der Waals surface area contributed by atoms with E-state index in [1.807, 2.05) is 36.4 Å². The van der Waals surface area contributed by atoms with Gasteiger partial charge in [0.25, 0.3) is 5.91 Å². The van der Waals surface area contributed by atoms with Gasteiger partial charge < -0.3 is 9.47 Å². The lowest BCUT2D eigenvalue weighted by atomic mass is 10.1. The van der Waals surface area contributed by atoms with Crippen molar-refractivity contribution < 1.29 is 14.3 Å².